The summed E-state index contributed by atoms with van der Waals surface area (Å²) in [6, 6.07) is 9.84. The summed E-state index contributed by atoms with van der Waals surface area (Å²) < 4.78 is 0. The Morgan fingerprint density at radius 2 is 1.89 bits per heavy atom. The van der Waals surface area contributed by atoms with Crippen molar-refractivity contribution >= 4 is 0 Å². The van der Waals surface area contributed by atoms with Crippen LogP contribution >= 0.6 is 0 Å². The van der Waals surface area contributed by atoms with E-state index in [1.165, 1.54) is 38.9 Å². The minimum absolute atomic E-state index is 0.391. The summed E-state index contributed by atoms with van der Waals surface area (Å²) in [5.41, 5.74) is 0.990. The van der Waals surface area contributed by atoms with Crippen LogP contribution in [0.1, 0.15) is 30.9 Å². The van der Waals surface area contributed by atoms with E-state index in [0.29, 0.717) is 6.54 Å². The molecule has 0 radical (unpaired) electrons. The van der Waals surface area contributed by atoms with E-state index < -0.39 is 6.10 Å². The van der Waals surface area contributed by atoms with Gasteiger partial charge in [-0.25, -0.2) is 0 Å². The second kappa shape index (κ2) is 7.52. The third-order valence-electron chi connectivity index (χ3n) is 3.55. The highest BCUT2D eigenvalue weighted by Crippen LogP contribution is 2.10. The van der Waals surface area contributed by atoms with Crippen LogP contribution in [0.5, 0.6) is 0 Å². The Hall–Kier alpha value is -0.900. The predicted octanol–water partition coefficient (Wildman–Crippen LogP) is 1.80. The van der Waals surface area contributed by atoms with Gasteiger partial charge in [-0.2, -0.15) is 0 Å². The molecule has 0 aromatic heterocycles. The van der Waals surface area contributed by atoms with Crippen LogP contribution in [0.2, 0.25) is 0 Å². The largest absolute Gasteiger partial charge is 0.387 e. The van der Waals surface area contributed by atoms with Crippen molar-refractivity contribution < 1.29 is 5.11 Å². The molecule has 2 N–H and O–H groups in total. The van der Waals surface area contributed by atoms with Crippen LogP contribution in [-0.2, 0) is 0 Å². The summed E-state index contributed by atoms with van der Waals surface area (Å²) in [4.78, 5) is 2.52. The number of benzene rings is 1. The molecule has 1 unspecified atom stereocenters. The molecule has 0 saturated carbocycles. The van der Waals surface area contributed by atoms with Gasteiger partial charge in [0.15, 0.2) is 0 Å². The van der Waals surface area contributed by atoms with E-state index >= 15 is 0 Å². The number of aliphatic hydroxyl groups excluding tert-OH is 1. The Morgan fingerprint density at radius 1 is 1.17 bits per heavy atom. The molecule has 100 valence electrons. The third kappa shape index (κ3) is 4.41. The van der Waals surface area contributed by atoms with Gasteiger partial charge >= 0.3 is 0 Å². The molecule has 1 aliphatic heterocycles. The third-order valence-corrected chi connectivity index (χ3v) is 3.55. The van der Waals surface area contributed by atoms with Gasteiger partial charge in [0.05, 0.1) is 6.10 Å². The second-order valence-corrected chi connectivity index (χ2v) is 5.03. The van der Waals surface area contributed by atoms with Gasteiger partial charge < -0.3 is 15.3 Å². The molecule has 0 amide bonds. The zero-order valence-electron chi connectivity index (χ0n) is 11.0. The van der Waals surface area contributed by atoms with E-state index in [1.807, 2.05) is 30.3 Å². The number of rotatable bonds is 7. The van der Waals surface area contributed by atoms with E-state index in [9.17, 15) is 5.11 Å². The minimum atomic E-state index is -0.391. The summed E-state index contributed by atoms with van der Waals surface area (Å²) in [5, 5.41) is 13.3. The van der Waals surface area contributed by atoms with Gasteiger partial charge in [-0.15, -0.1) is 0 Å². The fraction of sp³-hybridized carbons (Fsp3) is 0.600. The van der Waals surface area contributed by atoms with E-state index in [0.717, 1.165) is 12.1 Å². The lowest BCUT2D eigenvalue weighted by Gasteiger charge is -2.15. The normalized spacial score (nSPS) is 18.1. The molecule has 1 aromatic rings. The average Bonchev–Trinajstić information content (AvgIpc) is 2.92. The van der Waals surface area contributed by atoms with Crippen LogP contribution in [0.4, 0.5) is 0 Å². The first-order chi connectivity index (χ1) is 8.86. The number of nitrogens with zero attached hydrogens (tertiary/aromatic N) is 1. The Balaban J connectivity index is 1.55. The average molecular weight is 248 g/mol. The Bertz CT molecular complexity index is 323. The van der Waals surface area contributed by atoms with Crippen molar-refractivity contribution in [2.45, 2.75) is 25.4 Å². The highest BCUT2D eigenvalue weighted by Gasteiger charge is 2.10. The fourth-order valence-corrected chi connectivity index (χ4v) is 2.47. The topological polar surface area (TPSA) is 35.5 Å². The SMILES string of the molecule is OC(CNCCCN1CCCC1)c1ccccc1. The lowest BCUT2D eigenvalue weighted by Crippen LogP contribution is -2.27. The van der Waals surface area contributed by atoms with Crippen molar-refractivity contribution in [3.8, 4) is 0 Å². The first kappa shape index (κ1) is 13.5. The number of aliphatic hydroxyl groups is 1. The molecular formula is C15H24N2O. The zero-order chi connectivity index (χ0) is 12.6. The van der Waals surface area contributed by atoms with Crippen molar-refractivity contribution in [2.75, 3.05) is 32.7 Å². The van der Waals surface area contributed by atoms with Crippen LogP contribution < -0.4 is 5.32 Å². The molecular weight excluding hydrogens is 224 g/mol. The second-order valence-electron chi connectivity index (χ2n) is 5.03. The first-order valence-electron chi connectivity index (χ1n) is 7.02. The van der Waals surface area contributed by atoms with Gasteiger partial charge in [0.2, 0.25) is 0 Å². The van der Waals surface area contributed by atoms with Crippen molar-refractivity contribution in [3.63, 3.8) is 0 Å². The molecule has 1 aliphatic rings. The van der Waals surface area contributed by atoms with E-state index in [-0.39, 0.29) is 0 Å². The van der Waals surface area contributed by atoms with Gasteiger partial charge in [0.25, 0.3) is 0 Å². The predicted molar refractivity (Wildman–Crippen MR) is 74.6 cm³/mol. The van der Waals surface area contributed by atoms with Crippen LogP contribution in [0.3, 0.4) is 0 Å². The van der Waals surface area contributed by atoms with Crippen molar-refractivity contribution in [3.05, 3.63) is 35.9 Å². The number of hydrogen-bond donors (Lipinski definition) is 2. The maximum absolute atomic E-state index is 9.96. The van der Waals surface area contributed by atoms with Gasteiger partial charge in [0, 0.05) is 6.54 Å². The van der Waals surface area contributed by atoms with E-state index in [1.54, 1.807) is 0 Å². The lowest BCUT2D eigenvalue weighted by molar-refractivity contribution is 0.174. The zero-order valence-corrected chi connectivity index (χ0v) is 11.0. The molecule has 3 heteroatoms. The summed E-state index contributed by atoms with van der Waals surface area (Å²) in [5.74, 6) is 0. The van der Waals surface area contributed by atoms with Gasteiger partial charge in [0.1, 0.15) is 0 Å². The summed E-state index contributed by atoms with van der Waals surface area (Å²) in [6.45, 7) is 5.36. The Kier molecular flexibility index (Phi) is 5.65. The molecule has 1 aromatic carbocycles. The van der Waals surface area contributed by atoms with Crippen LogP contribution in [0.15, 0.2) is 30.3 Å². The quantitative estimate of drug-likeness (QED) is 0.722. The molecule has 18 heavy (non-hydrogen) atoms. The standard InChI is InChI=1S/C15H24N2O/c18-15(14-7-2-1-3-8-14)13-16-9-6-12-17-10-4-5-11-17/h1-3,7-8,15-16,18H,4-6,9-13H2. The minimum Gasteiger partial charge on any atom is -0.387 e. The highest BCUT2D eigenvalue weighted by molar-refractivity contribution is 5.17. The highest BCUT2D eigenvalue weighted by atomic mass is 16.3. The summed E-state index contributed by atoms with van der Waals surface area (Å²) in [6.07, 6.45) is 3.50. The molecule has 1 saturated heterocycles. The molecule has 1 atom stereocenters. The molecule has 0 aliphatic carbocycles. The Morgan fingerprint density at radius 3 is 2.61 bits per heavy atom. The molecule has 0 bridgehead atoms. The summed E-state index contributed by atoms with van der Waals surface area (Å²) in [7, 11) is 0. The number of hydrogen-bond acceptors (Lipinski definition) is 3. The van der Waals surface area contributed by atoms with Crippen LogP contribution in [-0.4, -0.2) is 42.7 Å². The maximum atomic E-state index is 9.96. The van der Waals surface area contributed by atoms with E-state index in [4.69, 9.17) is 0 Å². The molecule has 1 fully saturated rings. The smallest absolute Gasteiger partial charge is 0.0914 e. The van der Waals surface area contributed by atoms with Crippen molar-refractivity contribution in [1.29, 1.82) is 0 Å². The number of nitrogens with one attached hydrogen (secondary N) is 1. The van der Waals surface area contributed by atoms with Gasteiger partial charge in [-0.1, -0.05) is 30.3 Å². The van der Waals surface area contributed by atoms with Crippen molar-refractivity contribution in [1.82, 2.24) is 10.2 Å². The fourth-order valence-electron chi connectivity index (χ4n) is 2.47. The number of likely N-dealkylation sites (tertiary alicyclic amines) is 1. The maximum Gasteiger partial charge on any atom is 0.0914 e. The molecule has 2 rings (SSSR count). The lowest BCUT2D eigenvalue weighted by atomic mass is 10.1. The molecule has 3 nitrogen and oxygen atoms in total. The van der Waals surface area contributed by atoms with Crippen LogP contribution in [0.25, 0.3) is 0 Å². The molecule has 0 spiro atoms. The Labute approximate surface area is 110 Å². The van der Waals surface area contributed by atoms with Crippen molar-refractivity contribution in [2.24, 2.45) is 0 Å². The van der Waals surface area contributed by atoms with Gasteiger partial charge in [-0.3, -0.25) is 0 Å². The summed E-state index contributed by atoms with van der Waals surface area (Å²) >= 11 is 0. The monoisotopic (exact) mass is 248 g/mol. The molecule has 1 heterocycles. The van der Waals surface area contributed by atoms with E-state index in [2.05, 4.69) is 10.2 Å². The van der Waals surface area contributed by atoms with Crippen LogP contribution in [0, 0.1) is 0 Å². The van der Waals surface area contributed by atoms with Gasteiger partial charge in [-0.05, 0) is 51.0 Å². The first-order valence-corrected chi connectivity index (χ1v) is 7.02.